The van der Waals surface area contributed by atoms with Gasteiger partial charge < -0.3 is 4.74 Å². The van der Waals surface area contributed by atoms with Crippen LogP contribution < -0.4 is 0 Å². The van der Waals surface area contributed by atoms with Crippen molar-refractivity contribution in [1.29, 1.82) is 0 Å². The fourth-order valence-corrected chi connectivity index (χ4v) is 2.25. The molecule has 16 heavy (non-hydrogen) atoms. The van der Waals surface area contributed by atoms with E-state index in [0.717, 1.165) is 25.7 Å². The molecule has 1 aliphatic rings. The minimum atomic E-state index is 0.0161. The molecule has 1 saturated heterocycles. The number of unbranched alkanes of at least 4 members (excludes halogenated alkanes) is 3. The van der Waals surface area contributed by atoms with Crippen molar-refractivity contribution in [3.63, 3.8) is 0 Å². The topological polar surface area (TPSA) is 26.3 Å². The van der Waals surface area contributed by atoms with Gasteiger partial charge in [-0.05, 0) is 32.1 Å². The van der Waals surface area contributed by atoms with E-state index in [9.17, 15) is 4.79 Å². The Morgan fingerprint density at radius 2 is 2.19 bits per heavy atom. The fourth-order valence-electron chi connectivity index (χ4n) is 2.25. The van der Waals surface area contributed by atoms with E-state index < -0.39 is 0 Å². The first-order chi connectivity index (χ1) is 7.77. The van der Waals surface area contributed by atoms with Crippen LogP contribution in [0.3, 0.4) is 0 Å². The molecule has 1 fully saturated rings. The molecule has 0 aromatic carbocycles. The molecule has 0 amide bonds. The molecule has 0 N–H and O–H groups in total. The maximum atomic E-state index is 11.5. The van der Waals surface area contributed by atoms with Crippen molar-refractivity contribution in [2.75, 3.05) is 0 Å². The molecular weight excluding hydrogens is 200 g/mol. The Morgan fingerprint density at radius 1 is 1.38 bits per heavy atom. The maximum Gasteiger partial charge on any atom is 0.309 e. The summed E-state index contributed by atoms with van der Waals surface area (Å²) in [7, 11) is 0. The Hall–Kier alpha value is -0.790. The Bertz CT molecular complexity index is 223. The van der Waals surface area contributed by atoms with Crippen LogP contribution in [0.2, 0.25) is 0 Å². The fraction of sp³-hybridized carbons (Fsp3) is 0.786. The minimum Gasteiger partial charge on any atom is -0.462 e. The van der Waals surface area contributed by atoms with Crippen LogP contribution in [0.1, 0.15) is 58.3 Å². The van der Waals surface area contributed by atoms with Gasteiger partial charge >= 0.3 is 5.97 Å². The lowest BCUT2D eigenvalue weighted by Crippen LogP contribution is -2.07. The first kappa shape index (κ1) is 13.3. The van der Waals surface area contributed by atoms with Gasteiger partial charge in [0.25, 0.3) is 0 Å². The number of cyclic esters (lactones) is 1. The van der Waals surface area contributed by atoms with Gasteiger partial charge in [-0.25, -0.2) is 0 Å². The van der Waals surface area contributed by atoms with E-state index in [1.54, 1.807) is 0 Å². The van der Waals surface area contributed by atoms with Gasteiger partial charge in [-0.15, -0.1) is 6.58 Å². The van der Waals surface area contributed by atoms with E-state index in [1.165, 1.54) is 25.7 Å². The van der Waals surface area contributed by atoms with Gasteiger partial charge in [0.05, 0.1) is 5.92 Å². The van der Waals surface area contributed by atoms with Crippen LogP contribution in [0.4, 0.5) is 0 Å². The van der Waals surface area contributed by atoms with Crippen molar-refractivity contribution in [3.8, 4) is 0 Å². The summed E-state index contributed by atoms with van der Waals surface area (Å²) >= 11 is 0. The molecule has 92 valence electrons. The molecule has 0 aromatic rings. The number of rotatable bonds is 8. The van der Waals surface area contributed by atoms with Crippen LogP contribution in [0.15, 0.2) is 12.7 Å². The maximum absolute atomic E-state index is 11.5. The molecule has 0 aromatic heterocycles. The number of esters is 1. The molecular formula is C14H24O2. The van der Waals surface area contributed by atoms with Crippen LogP contribution in [-0.2, 0) is 9.53 Å². The van der Waals surface area contributed by atoms with Crippen molar-refractivity contribution in [2.45, 2.75) is 64.4 Å². The second kappa shape index (κ2) is 7.48. The lowest BCUT2D eigenvalue weighted by molar-refractivity contribution is -0.144. The molecule has 0 radical (unpaired) electrons. The van der Waals surface area contributed by atoms with Crippen molar-refractivity contribution < 1.29 is 9.53 Å². The molecule has 1 rings (SSSR count). The molecule has 0 bridgehead atoms. The lowest BCUT2D eigenvalue weighted by Gasteiger charge is -2.07. The van der Waals surface area contributed by atoms with Gasteiger partial charge in [-0.3, -0.25) is 4.79 Å². The summed E-state index contributed by atoms with van der Waals surface area (Å²) in [5.74, 6) is 0.150. The highest BCUT2D eigenvalue weighted by atomic mass is 16.5. The standard InChI is InChI=1S/C14H24O2/c1-3-5-7-8-10-13-11-12(9-6-4-2)14(15)16-13/h4,12-13H,2-3,5-11H2,1H3. The summed E-state index contributed by atoms with van der Waals surface area (Å²) in [6.07, 6.45) is 10.9. The quantitative estimate of drug-likeness (QED) is 0.355. The van der Waals surface area contributed by atoms with Crippen molar-refractivity contribution in [2.24, 2.45) is 5.92 Å². The number of hydrogen-bond donors (Lipinski definition) is 0. The number of carbonyl (C=O) groups is 1. The highest BCUT2D eigenvalue weighted by Crippen LogP contribution is 2.28. The summed E-state index contributed by atoms with van der Waals surface area (Å²) in [6, 6.07) is 0. The zero-order chi connectivity index (χ0) is 11.8. The van der Waals surface area contributed by atoms with Crippen LogP contribution in [0.5, 0.6) is 0 Å². The number of ether oxygens (including phenoxy) is 1. The summed E-state index contributed by atoms with van der Waals surface area (Å²) in [4.78, 5) is 11.5. The summed E-state index contributed by atoms with van der Waals surface area (Å²) in [6.45, 7) is 5.89. The Balaban J connectivity index is 2.16. The molecule has 0 saturated carbocycles. The molecule has 1 heterocycles. The second-order valence-electron chi connectivity index (χ2n) is 4.71. The third kappa shape index (κ3) is 4.38. The van der Waals surface area contributed by atoms with Crippen LogP contribution in [0, 0.1) is 5.92 Å². The van der Waals surface area contributed by atoms with Gasteiger partial charge in [0.2, 0.25) is 0 Å². The summed E-state index contributed by atoms with van der Waals surface area (Å²) < 4.78 is 5.38. The van der Waals surface area contributed by atoms with E-state index in [0.29, 0.717) is 0 Å². The van der Waals surface area contributed by atoms with Gasteiger partial charge in [-0.2, -0.15) is 0 Å². The van der Waals surface area contributed by atoms with Crippen LogP contribution >= 0.6 is 0 Å². The van der Waals surface area contributed by atoms with Gasteiger partial charge in [0.15, 0.2) is 0 Å². The van der Waals surface area contributed by atoms with E-state index in [2.05, 4.69) is 13.5 Å². The molecule has 2 nitrogen and oxygen atoms in total. The first-order valence-electron chi connectivity index (χ1n) is 6.59. The summed E-state index contributed by atoms with van der Waals surface area (Å²) in [5, 5.41) is 0. The molecule has 0 spiro atoms. The number of hydrogen-bond acceptors (Lipinski definition) is 2. The number of carbonyl (C=O) groups excluding carboxylic acids is 1. The number of allylic oxidation sites excluding steroid dienone is 1. The smallest absolute Gasteiger partial charge is 0.309 e. The molecule has 0 aliphatic carbocycles. The SMILES string of the molecule is C=CCCC1CC(CCCCCC)OC1=O. The Labute approximate surface area is 99.1 Å². The van der Waals surface area contributed by atoms with E-state index in [1.807, 2.05) is 6.08 Å². The lowest BCUT2D eigenvalue weighted by atomic mass is 9.97. The van der Waals surface area contributed by atoms with Crippen LogP contribution in [-0.4, -0.2) is 12.1 Å². The van der Waals surface area contributed by atoms with E-state index >= 15 is 0 Å². The van der Waals surface area contributed by atoms with Gasteiger partial charge in [-0.1, -0.05) is 32.3 Å². The zero-order valence-corrected chi connectivity index (χ0v) is 10.4. The van der Waals surface area contributed by atoms with Crippen molar-refractivity contribution in [3.05, 3.63) is 12.7 Å². The monoisotopic (exact) mass is 224 g/mol. The predicted octanol–water partition coefficient (Wildman–Crippen LogP) is 3.85. The Kier molecular flexibility index (Phi) is 6.20. The van der Waals surface area contributed by atoms with E-state index in [-0.39, 0.29) is 18.0 Å². The van der Waals surface area contributed by atoms with Gasteiger partial charge in [0.1, 0.15) is 6.10 Å². The average molecular weight is 224 g/mol. The second-order valence-corrected chi connectivity index (χ2v) is 4.71. The van der Waals surface area contributed by atoms with Crippen molar-refractivity contribution in [1.82, 2.24) is 0 Å². The Morgan fingerprint density at radius 3 is 2.88 bits per heavy atom. The summed E-state index contributed by atoms with van der Waals surface area (Å²) in [5.41, 5.74) is 0. The zero-order valence-electron chi connectivity index (χ0n) is 10.4. The van der Waals surface area contributed by atoms with E-state index in [4.69, 9.17) is 4.74 Å². The molecule has 1 aliphatic heterocycles. The average Bonchev–Trinajstić information content (AvgIpc) is 2.63. The third-order valence-electron chi connectivity index (χ3n) is 3.26. The van der Waals surface area contributed by atoms with Crippen molar-refractivity contribution >= 4 is 5.97 Å². The predicted molar refractivity (Wildman–Crippen MR) is 66.2 cm³/mol. The van der Waals surface area contributed by atoms with Crippen LogP contribution in [0.25, 0.3) is 0 Å². The van der Waals surface area contributed by atoms with Gasteiger partial charge in [0, 0.05) is 0 Å². The minimum absolute atomic E-state index is 0.0161. The largest absolute Gasteiger partial charge is 0.462 e. The molecule has 2 atom stereocenters. The molecule has 2 heteroatoms. The third-order valence-corrected chi connectivity index (χ3v) is 3.26. The highest BCUT2D eigenvalue weighted by molar-refractivity contribution is 5.74. The highest BCUT2D eigenvalue weighted by Gasteiger charge is 2.32. The normalized spacial score (nSPS) is 24.4. The first-order valence-corrected chi connectivity index (χ1v) is 6.59. The molecule has 2 unspecified atom stereocenters.